The zero-order chi connectivity index (χ0) is 14.1. The minimum Gasteiger partial charge on any atom is -0.459 e. The number of aromatic amines is 1. The number of hydrogen-bond donors (Lipinski definition) is 2. The molecule has 0 aliphatic carbocycles. The highest BCUT2D eigenvalue weighted by molar-refractivity contribution is 5.94. The molecule has 0 aromatic carbocycles. The lowest BCUT2D eigenvalue weighted by Gasteiger charge is -2.06. The van der Waals surface area contributed by atoms with Gasteiger partial charge in [0.2, 0.25) is 0 Å². The van der Waals surface area contributed by atoms with E-state index in [1.165, 1.54) is 30.8 Å². The standard InChI is InChI=1S/C13H10N4O3/c14-8-6-9(10-3-4-15-16-10)12(18)17(7-8)13(19)11-2-1-5-20-11/h1-7H,14H2,(H,15,16). The van der Waals surface area contributed by atoms with Gasteiger partial charge in [-0.15, -0.1) is 0 Å². The molecule has 0 aliphatic heterocycles. The number of rotatable bonds is 2. The molecule has 0 saturated carbocycles. The van der Waals surface area contributed by atoms with E-state index in [9.17, 15) is 9.59 Å². The van der Waals surface area contributed by atoms with Crippen molar-refractivity contribution in [3.05, 3.63) is 59.0 Å². The Bertz CT molecular complexity index is 801. The summed E-state index contributed by atoms with van der Waals surface area (Å²) in [5.41, 5.74) is 6.29. The Morgan fingerprint density at radius 2 is 2.25 bits per heavy atom. The molecule has 0 amide bonds. The average Bonchev–Trinajstić information content (AvgIpc) is 3.12. The molecule has 0 atom stereocenters. The molecule has 0 saturated heterocycles. The molecule has 0 unspecified atom stereocenters. The van der Waals surface area contributed by atoms with Gasteiger partial charge in [0.05, 0.1) is 17.5 Å². The van der Waals surface area contributed by atoms with Gasteiger partial charge in [-0.3, -0.25) is 14.7 Å². The van der Waals surface area contributed by atoms with Gasteiger partial charge in [-0.05, 0) is 24.3 Å². The second kappa shape index (κ2) is 4.54. The van der Waals surface area contributed by atoms with Crippen molar-refractivity contribution in [2.45, 2.75) is 0 Å². The Hall–Kier alpha value is -3.09. The van der Waals surface area contributed by atoms with Crippen LogP contribution in [-0.2, 0) is 0 Å². The van der Waals surface area contributed by atoms with Crippen molar-refractivity contribution < 1.29 is 9.21 Å². The summed E-state index contributed by atoms with van der Waals surface area (Å²) < 4.78 is 5.93. The molecule has 3 aromatic heterocycles. The van der Waals surface area contributed by atoms with Crippen LogP contribution in [0.25, 0.3) is 11.3 Å². The SMILES string of the molecule is Nc1cc(-c2ccn[nH]2)c(=O)n(C(=O)c2ccco2)c1. The Morgan fingerprint density at radius 1 is 1.40 bits per heavy atom. The van der Waals surface area contributed by atoms with Gasteiger partial charge in [0, 0.05) is 18.1 Å². The molecule has 3 aromatic rings. The Kier molecular flexibility index (Phi) is 2.72. The van der Waals surface area contributed by atoms with Crippen LogP contribution >= 0.6 is 0 Å². The van der Waals surface area contributed by atoms with Crippen LogP contribution in [0.15, 0.2) is 52.1 Å². The number of H-pyrrole nitrogens is 1. The Balaban J connectivity index is 2.18. The third kappa shape index (κ3) is 1.91. The van der Waals surface area contributed by atoms with Crippen molar-refractivity contribution in [2.75, 3.05) is 5.73 Å². The maximum Gasteiger partial charge on any atom is 0.300 e. The minimum atomic E-state index is -0.576. The maximum atomic E-state index is 12.4. The van der Waals surface area contributed by atoms with Crippen LogP contribution in [0.2, 0.25) is 0 Å². The highest BCUT2D eigenvalue weighted by Gasteiger charge is 2.17. The van der Waals surface area contributed by atoms with Crippen LogP contribution in [-0.4, -0.2) is 20.7 Å². The topological polar surface area (TPSA) is 107 Å². The van der Waals surface area contributed by atoms with Gasteiger partial charge in [-0.1, -0.05) is 0 Å². The van der Waals surface area contributed by atoms with Crippen LogP contribution in [0.3, 0.4) is 0 Å². The van der Waals surface area contributed by atoms with Gasteiger partial charge in [0.1, 0.15) is 0 Å². The first-order valence-corrected chi connectivity index (χ1v) is 5.77. The van der Waals surface area contributed by atoms with E-state index in [-0.39, 0.29) is 17.0 Å². The summed E-state index contributed by atoms with van der Waals surface area (Å²) in [6.45, 7) is 0. The summed E-state index contributed by atoms with van der Waals surface area (Å²) in [5.74, 6) is -0.513. The molecule has 20 heavy (non-hydrogen) atoms. The number of aromatic nitrogens is 3. The van der Waals surface area contributed by atoms with Crippen molar-refractivity contribution in [2.24, 2.45) is 0 Å². The largest absolute Gasteiger partial charge is 0.459 e. The van der Waals surface area contributed by atoms with E-state index >= 15 is 0 Å². The van der Waals surface area contributed by atoms with Crippen molar-refractivity contribution in [1.29, 1.82) is 0 Å². The minimum absolute atomic E-state index is 0.0632. The monoisotopic (exact) mass is 270 g/mol. The lowest BCUT2D eigenvalue weighted by atomic mass is 10.2. The molecular weight excluding hydrogens is 260 g/mol. The number of nitrogens with two attached hydrogens (primary N) is 1. The van der Waals surface area contributed by atoms with Gasteiger partial charge < -0.3 is 10.2 Å². The van der Waals surface area contributed by atoms with Crippen molar-refractivity contribution in [1.82, 2.24) is 14.8 Å². The number of nitrogen functional groups attached to an aromatic ring is 1. The molecule has 3 rings (SSSR count). The molecule has 0 aliphatic rings. The van der Waals surface area contributed by atoms with Gasteiger partial charge >= 0.3 is 5.91 Å². The van der Waals surface area contributed by atoms with E-state index in [1.807, 2.05) is 0 Å². The lowest BCUT2D eigenvalue weighted by molar-refractivity contribution is 0.0928. The third-order valence-corrected chi connectivity index (χ3v) is 2.78. The summed E-state index contributed by atoms with van der Waals surface area (Å²) in [6.07, 6.45) is 4.14. The van der Waals surface area contributed by atoms with Gasteiger partial charge in [0.15, 0.2) is 5.76 Å². The molecule has 3 N–H and O–H groups in total. The first-order chi connectivity index (χ1) is 9.66. The number of furan rings is 1. The number of carbonyl (C=O) groups is 1. The fourth-order valence-electron chi connectivity index (χ4n) is 1.87. The normalized spacial score (nSPS) is 10.6. The summed E-state index contributed by atoms with van der Waals surface area (Å²) in [4.78, 5) is 24.5. The number of nitrogens with one attached hydrogen (secondary N) is 1. The van der Waals surface area contributed by atoms with Crippen LogP contribution in [0.5, 0.6) is 0 Å². The van der Waals surface area contributed by atoms with Gasteiger partial charge in [-0.25, -0.2) is 4.57 Å². The number of carbonyl (C=O) groups excluding carboxylic acids is 1. The van der Waals surface area contributed by atoms with Gasteiger partial charge in [-0.2, -0.15) is 5.10 Å². The van der Waals surface area contributed by atoms with Crippen LogP contribution < -0.4 is 11.3 Å². The first-order valence-electron chi connectivity index (χ1n) is 5.77. The third-order valence-electron chi connectivity index (χ3n) is 2.78. The number of pyridine rings is 1. The highest BCUT2D eigenvalue weighted by atomic mass is 16.3. The van der Waals surface area contributed by atoms with Crippen molar-refractivity contribution in [3.8, 4) is 11.3 Å². The smallest absolute Gasteiger partial charge is 0.300 e. The van der Waals surface area contributed by atoms with Crippen molar-refractivity contribution in [3.63, 3.8) is 0 Å². The molecule has 0 fully saturated rings. The fraction of sp³-hybridized carbons (Fsp3) is 0. The number of nitrogens with zero attached hydrogens (tertiary/aromatic N) is 2. The van der Waals surface area contributed by atoms with E-state index in [4.69, 9.17) is 10.2 Å². The second-order valence-electron chi connectivity index (χ2n) is 4.12. The molecule has 0 bridgehead atoms. The van der Waals surface area contributed by atoms with Crippen LogP contribution in [0, 0.1) is 0 Å². The zero-order valence-corrected chi connectivity index (χ0v) is 10.2. The lowest BCUT2D eigenvalue weighted by Crippen LogP contribution is -2.28. The van der Waals surface area contributed by atoms with E-state index in [2.05, 4.69) is 10.2 Å². The summed E-state index contributed by atoms with van der Waals surface area (Å²) in [7, 11) is 0. The molecule has 7 heteroatoms. The van der Waals surface area contributed by atoms with Crippen molar-refractivity contribution >= 4 is 11.6 Å². The van der Waals surface area contributed by atoms with E-state index in [0.29, 0.717) is 5.69 Å². The Morgan fingerprint density at radius 3 is 2.90 bits per heavy atom. The van der Waals surface area contributed by atoms with Gasteiger partial charge in [0.25, 0.3) is 5.56 Å². The zero-order valence-electron chi connectivity index (χ0n) is 10.2. The Labute approximate surface area is 112 Å². The fourth-order valence-corrected chi connectivity index (χ4v) is 1.87. The number of hydrogen-bond acceptors (Lipinski definition) is 5. The molecule has 0 radical (unpaired) electrons. The highest BCUT2D eigenvalue weighted by Crippen LogP contribution is 2.15. The summed E-state index contributed by atoms with van der Waals surface area (Å²) in [6, 6.07) is 6.16. The van der Waals surface area contributed by atoms with E-state index in [0.717, 1.165) is 4.57 Å². The molecule has 0 spiro atoms. The molecule has 3 heterocycles. The second-order valence-corrected chi connectivity index (χ2v) is 4.12. The summed E-state index contributed by atoms with van der Waals surface area (Å²) in [5, 5.41) is 6.45. The molecular formula is C13H10N4O3. The molecule has 100 valence electrons. The predicted molar refractivity (Wildman–Crippen MR) is 71.1 cm³/mol. The van der Waals surface area contributed by atoms with E-state index < -0.39 is 11.5 Å². The maximum absolute atomic E-state index is 12.4. The molecule has 7 nitrogen and oxygen atoms in total. The first kappa shape index (κ1) is 12.0. The van der Waals surface area contributed by atoms with Crippen LogP contribution in [0.4, 0.5) is 5.69 Å². The van der Waals surface area contributed by atoms with Crippen LogP contribution in [0.1, 0.15) is 10.6 Å². The van der Waals surface area contributed by atoms with E-state index in [1.54, 1.807) is 12.1 Å². The summed E-state index contributed by atoms with van der Waals surface area (Å²) >= 11 is 0. The number of anilines is 1. The predicted octanol–water partition coefficient (Wildman–Crippen LogP) is 1.10. The average molecular weight is 270 g/mol. The quantitative estimate of drug-likeness (QED) is 0.725.